The average molecular weight is 384 g/mol. The molecule has 0 amide bonds. The maximum atomic E-state index is 10.2. The Labute approximate surface area is 157 Å². The van der Waals surface area contributed by atoms with Crippen LogP contribution >= 0.6 is 0 Å². The molecule has 0 bridgehead atoms. The number of benzene rings is 1. The Kier molecular flexibility index (Phi) is 6.21. The summed E-state index contributed by atoms with van der Waals surface area (Å²) in [6.45, 7) is 3.42. The summed E-state index contributed by atoms with van der Waals surface area (Å²) in [4.78, 5) is 0. The molecule has 2 heterocycles. The molecule has 0 spiro atoms. The Hall–Kier alpha value is -1.46. The highest BCUT2D eigenvalue weighted by molar-refractivity contribution is 5.69. The summed E-state index contributed by atoms with van der Waals surface area (Å²) in [6, 6.07) is 7.03. The summed E-state index contributed by atoms with van der Waals surface area (Å²) in [5.74, 6) is 0. The smallest absolute Gasteiger partial charge is 0.157 e. The van der Waals surface area contributed by atoms with Crippen LogP contribution in [0, 0.1) is 0 Å². The fourth-order valence-electron chi connectivity index (χ4n) is 3.40. The summed E-state index contributed by atoms with van der Waals surface area (Å²) in [6.07, 6.45) is -8.14. The maximum absolute atomic E-state index is 10.2. The van der Waals surface area contributed by atoms with E-state index in [0.29, 0.717) is 17.8 Å². The van der Waals surface area contributed by atoms with Crippen LogP contribution in [-0.2, 0) is 9.47 Å². The number of hydrogen-bond acceptors (Lipinski definition) is 9. The molecule has 2 fully saturated rings. The lowest BCUT2D eigenvalue weighted by Gasteiger charge is -2.40. The van der Waals surface area contributed by atoms with E-state index in [0.717, 1.165) is 0 Å². The van der Waals surface area contributed by atoms with Gasteiger partial charge in [-0.3, -0.25) is 0 Å². The normalized spacial score (nSPS) is 42.6. The summed E-state index contributed by atoms with van der Waals surface area (Å²) in [7, 11) is 0. The molecule has 9 atom stereocenters. The fourth-order valence-corrected chi connectivity index (χ4v) is 3.40. The van der Waals surface area contributed by atoms with Gasteiger partial charge in [-0.1, -0.05) is 12.1 Å². The van der Waals surface area contributed by atoms with Crippen LogP contribution in [0.2, 0.25) is 0 Å². The zero-order valence-corrected chi connectivity index (χ0v) is 15.3. The van der Waals surface area contributed by atoms with Crippen molar-refractivity contribution in [3.63, 3.8) is 0 Å². The van der Waals surface area contributed by atoms with Crippen LogP contribution in [0.3, 0.4) is 0 Å². The van der Waals surface area contributed by atoms with Gasteiger partial charge in [0.1, 0.15) is 24.4 Å². The topological polar surface area (TPSA) is 144 Å². The second-order valence-electron chi connectivity index (χ2n) is 7.23. The molecule has 1 aromatic carbocycles. The zero-order chi connectivity index (χ0) is 19.7. The van der Waals surface area contributed by atoms with Crippen molar-refractivity contribution in [3.8, 4) is 0 Å². The minimum atomic E-state index is -1.34. The number of rotatable bonds is 4. The van der Waals surface area contributed by atoms with E-state index in [1.165, 1.54) is 0 Å². The number of anilines is 2. The van der Waals surface area contributed by atoms with Crippen molar-refractivity contribution in [2.24, 2.45) is 0 Å². The third-order valence-electron chi connectivity index (χ3n) is 5.03. The monoisotopic (exact) mass is 384 g/mol. The standard InChI is InChI=1S/C18H28N2O7/c1-8-7-12(21)14(23)17(26-8)19-10-5-3-4-6-11(10)20-18-16(25)15(24)13(22)9(2)27-18/h3-6,8-9,12-25H,7H2,1-2H3/t8-,9-,12+,13+,14+,15+,16+,17-,18-/m1/s1. The Morgan fingerprint density at radius 3 is 1.93 bits per heavy atom. The summed E-state index contributed by atoms with van der Waals surface area (Å²) in [5.41, 5.74) is 1.10. The molecule has 1 aromatic rings. The van der Waals surface area contributed by atoms with E-state index < -0.39 is 49.1 Å². The Morgan fingerprint density at radius 1 is 0.778 bits per heavy atom. The molecular weight excluding hydrogens is 356 g/mol. The van der Waals surface area contributed by atoms with Gasteiger partial charge >= 0.3 is 0 Å². The van der Waals surface area contributed by atoms with Crippen LogP contribution < -0.4 is 10.6 Å². The third-order valence-corrected chi connectivity index (χ3v) is 5.03. The van der Waals surface area contributed by atoms with Crippen LogP contribution in [0.4, 0.5) is 11.4 Å². The number of nitrogens with one attached hydrogen (secondary N) is 2. The van der Waals surface area contributed by atoms with E-state index in [1.807, 2.05) is 6.92 Å². The van der Waals surface area contributed by atoms with Crippen molar-refractivity contribution in [2.75, 3.05) is 10.6 Å². The second-order valence-corrected chi connectivity index (χ2v) is 7.23. The molecule has 0 aromatic heterocycles. The van der Waals surface area contributed by atoms with Crippen molar-refractivity contribution in [2.45, 2.75) is 75.5 Å². The number of hydrogen-bond donors (Lipinski definition) is 7. The highest BCUT2D eigenvalue weighted by Gasteiger charge is 2.42. The first-order valence-electron chi connectivity index (χ1n) is 9.11. The predicted octanol–water partition coefficient (Wildman–Crippen LogP) is -0.805. The Bertz CT molecular complexity index is 633. The van der Waals surface area contributed by atoms with Crippen LogP contribution in [-0.4, -0.2) is 80.7 Å². The van der Waals surface area contributed by atoms with Gasteiger partial charge in [-0.25, -0.2) is 0 Å². The minimum absolute atomic E-state index is 0.220. The Balaban J connectivity index is 1.74. The number of ether oxygens (including phenoxy) is 2. The van der Waals surface area contributed by atoms with E-state index in [4.69, 9.17) is 9.47 Å². The van der Waals surface area contributed by atoms with E-state index in [9.17, 15) is 25.5 Å². The summed E-state index contributed by atoms with van der Waals surface area (Å²) in [5, 5.41) is 56.2. The number of para-hydroxylation sites is 2. The number of aliphatic hydroxyl groups is 5. The first kappa shape index (κ1) is 20.3. The SMILES string of the molecule is C[C@@H]1C[C@H](O)[C@H](O)[C@H](Nc2ccccc2N[C@@H]2O[C@H](C)[C@H](O)[C@H](O)[C@@H]2O)O1. The summed E-state index contributed by atoms with van der Waals surface area (Å²) < 4.78 is 11.3. The molecule has 7 N–H and O–H groups in total. The minimum Gasteiger partial charge on any atom is -0.390 e. The average Bonchev–Trinajstić information content (AvgIpc) is 2.63. The summed E-state index contributed by atoms with van der Waals surface area (Å²) >= 11 is 0. The predicted molar refractivity (Wildman–Crippen MR) is 97.0 cm³/mol. The van der Waals surface area contributed by atoms with Crippen LogP contribution in [0.25, 0.3) is 0 Å². The molecule has 2 saturated heterocycles. The number of aliphatic hydroxyl groups excluding tert-OH is 5. The van der Waals surface area contributed by atoms with Crippen molar-refractivity contribution in [1.82, 2.24) is 0 Å². The molecule has 9 heteroatoms. The lowest BCUT2D eigenvalue weighted by Crippen LogP contribution is -2.58. The highest BCUT2D eigenvalue weighted by atomic mass is 16.5. The lowest BCUT2D eigenvalue weighted by atomic mass is 9.99. The fraction of sp³-hybridized carbons (Fsp3) is 0.667. The van der Waals surface area contributed by atoms with Gasteiger partial charge < -0.3 is 45.6 Å². The molecule has 0 radical (unpaired) electrons. The first-order valence-corrected chi connectivity index (χ1v) is 9.11. The zero-order valence-electron chi connectivity index (χ0n) is 15.3. The lowest BCUT2D eigenvalue weighted by molar-refractivity contribution is -0.209. The van der Waals surface area contributed by atoms with Crippen LogP contribution in [0.1, 0.15) is 20.3 Å². The van der Waals surface area contributed by atoms with Gasteiger partial charge in [-0.05, 0) is 26.0 Å². The van der Waals surface area contributed by atoms with Crippen LogP contribution in [0.5, 0.6) is 0 Å². The molecular formula is C18H28N2O7. The van der Waals surface area contributed by atoms with Crippen molar-refractivity contribution in [1.29, 1.82) is 0 Å². The van der Waals surface area contributed by atoms with Gasteiger partial charge in [-0.15, -0.1) is 0 Å². The first-order chi connectivity index (χ1) is 12.8. The Morgan fingerprint density at radius 2 is 1.33 bits per heavy atom. The molecule has 3 rings (SSSR count). The molecule has 27 heavy (non-hydrogen) atoms. The van der Waals surface area contributed by atoms with Crippen molar-refractivity contribution >= 4 is 11.4 Å². The van der Waals surface area contributed by atoms with E-state index in [2.05, 4.69) is 10.6 Å². The van der Waals surface area contributed by atoms with Gasteiger partial charge in [0, 0.05) is 6.42 Å². The molecule has 0 unspecified atom stereocenters. The molecule has 2 aliphatic rings. The molecule has 152 valence electrons. The largest absolute Gasteiger partial charge is 0.390 e. The van der Waals surface area contributed by atoms with Crippen molar-refractivity contribution < 1.29 is 35.0 Å². The second kappa shape index (κ2) is 8.27. The highest BCUT2D eigenvalue weighted by Crippen LogP contribution is 2.29. The maximum Gasteiger partial charge on any atom is 0.157 e. The van der Waals surface area contributed by atoms with Crippen molar-refractivity contribution in [3.05, 3.63) is 24.3 Å². The van der Waals surface area contributed by atoms with E-state index in [-0.39, 0.29) is 6.10 Å². The van der Waals surface area contributed by atoms with Crippen LogP contribution in [0.15, 0.2) is 24.3 Å². The van der Waals surface area contributed by atoms with Gasteiger partial charge in [0.2, 0.25) is 0 Å². The molecule has 9 nitrogen and oxygen atoms in total. The van der Waals surface area contributed by atoms with E-state index in [1.54, 1.807) is 31.2 Å². The third kappa shape index (κ3) is 4.35. The molecule has 0 aliphatic carbocycles. The quantitative estimate of drug-likeness (QED) is 0.355. The van der Waals surface area contributed by atoms with E-state index >= 15 is 0 Å². The van der Waals surface area contributed by atoms with Gasteiger partial charge in [0.05, 0.1) is 29.7 Å². The molecule has 0 saturated carbocycles. The van der Waals surface area contributed by atoms with Gasteiger partial charge in [-0.2, -0.15) is 0 Å². The van der Waals surface area contributed by atoms with Gasteiger partial charge in [0.15, 0.2) is 12.5 Å². The molecule has 2 aliphatic heterocycles. The van der Waals surface area contributed by atoms with Gasteiger partial charge in [0.25, 0.3) is 0 Å².